The molecule has 0 aliphatic rings. The van der Waals surface area contributed by atoms with Crippen molar-refractivity contribution < 1.29 is 9.90 Å². The van der Waals surface area contributed by atoms with E-state index >= 15 is 0 Å². The van der Waals surface area contributed by atoms with Crippen LogP contribution in [0, 0.1) is 0 Å². The summed E-state index contributed by atoms with van der Waals surface area (Å²) in [7, 11) is 0. The summed E-state index contributed by atoms with van der Waals surface area (Å²) in [6.45, 7) is 0. The summed E-state index contributed by atoms with van der Waals surface area (Å²) in [4.78, 5) is 11.2. The van der Waals surface area contributed by atoms with Crippen molar-refractivity contribution in [2.24, 2.45) is 0 Å². The van der Waals surface area contributed by atoms with E-state index < -0.39 is 5.97 Å². The third kappa shape index (κ3) is 1.85. The first kappa shape index (κ1) is 12.8. The summed E-state index contributed by atoms with van der Waals surface area (Å²) in [5.74, 6) is -0.801. The predicted molar refractivity (Wildman–Crippen MR) is 90.3 cm³/mol. The van der Waals surface area contributed by atoms with E-state index in [1.807, 2.05) is 36.4 Å². The second-order valence-electron chi connectivity index (χ2n) is 5.50. The molecule has 0 aromatic heterocycles. The van der Waals surface area contributed by atoms with Gasteiger partial charge in [0.2, 0.25) is 0 Å². The van der Waals surface area contributed by atoms with Gasteiger partial charge in [-0.3, -0.25) is 4.79 Å². The molecule has 4 aromatic rings. The van der Waals surface area contributed by atoms with Crippen LogP contribution < -0.4 is 0 Å². The summed E-state index contributed by atoms with van der Waals surface area (Å²) in [5, 5.41) is 16.0. The summed E-state index contributed by atoms with van der Waals surface area (Å²) in [6, 6.07) is 22.5. The van der Waals surface area contributed by atoms with E-state index in [0.29, 0.717) is 0 Å². The molecule has 4 aromatic carbocycles. The number of rotatable bonds is 2. The summed E-state index contributed by atoms with van der Waals surface area (Å²) < 4.78 is 0. The number of benzene rings is 4. The van der Waals surface area contributed by atoms with Gasteiger partial charge in [0.15, 0.2) is 0 Å². The van der Waals surface area contributed by atoms with E-state index in [1.165, 1.54) is 16.2 Å². The molecule has 2 nitrogen and oxygen atoms in total. The molecule has 0 heterocycles. The van der Waals surface area contributed by atoms with Gasteiger partial charge in [0, 0.05) is 0 Å². The average molecular weight is 286 g/mol. The second-order valence-corrected chi connectivity index (χ2v) is 5.50. The molecule has 0 radical (unpaired) electrons. The van der Waals surface area contributed by atoms with Gasteiger partial charge in [-0.2, -0.15) is 0 Å². The van der Waals surface area contributed by atoms with Crippen LogP contribution in [-0.2, 0) is 11.2 Å². The van der Waals surface area contributed by atoms with Gasteiger partial charge in [0.1, 0.15) is 0 Å². The van der Waals surface area contributed by atoms with Crippen LogP contribution in [0.4, 0.5) is 0 Å². The van der Waals surface area contributed by atoms with Crippen LogP contribution >= 0.6 is 0 Å². The topological polar surface area (TPSA) is 37.3 Å². The number of carbonyl (C=O) groups is 1. The molecule has 1 N–H and O–H groups in total. The molecule has 0 aliphatic carbocycles. The van der Waals surface area contributed by atoms with Crippen molar-refractivity contribution >= 4 is 38.3 Å². The second kappa shape index (κ2) is 4.85. The molecular weight excluding hydrogens is 272 g/mol. The van der Waals surface area contributed by atoms with Gasteiger partial charge < -0.3 is 5.11 Å². The molecule has 0 aliphatic heterocycles. The molecule has 0 unspecified atom stereocenters. The fourth-order valence-corrected chi connectivity index (χ4v) is 3.34. The zero-order valence-corrected chi connectivity index (χ0v) is 11.9. The van der Waals surface area contributed by atoms with E-state index in [0.717, 1.165) is 21.7 Å². The lowest BCUT2D eigenvalue weighted by Gasteiger charge is -2.13. The lowest BCUT2D eigenvalue weighted by Crippen LogP contribution is -2.01. The van der Waals surface area contributed by atoms with Gasteiger partial charge in [0.25, 0.3) is 0 Å². The lowest BCUT2D eigenvalue weighted by molar-refractivity contribution is -0.136. The van der Waals surface area contributed by atoms with Gasteiger partial charge in [0.05, 0.1) is 6.42 Å². The van der Waals surface area contributed by atoms with Gasteiger partial charge in [-0.1, -0.05) is 66.7 Å². The van der Waals surface area contributed by atoms with E-state index in [-0.39, 0.29) is 6.42 Å². The highest BCUT2D eigenvalue weighted by Gasteiger charge is 2.12. The number of hydrogen-bond acceptors (Lipinski definition) is 1. The fraction of sp³-hybridized carbons (Fsp3) is 0.0500. The molecule has 106 valence electrons. The Balaban J connectivity index is 2.30. The SMILES string of the molecule is O=C(O)Cc1cccc2c3ccccc3c3ccccc3c12. The number of carboxylic acids is 1. The number of aliphatic carboxylic acids is 1. The van der Waals surface area contributed by atoms with E-state index in [2.05, 4.69) is 30.3 Å². The average Bonchev–Trinajstić information content (AvgIpc) is 2.54. The van der Waals surface area contributed by atoms with E-state index in [9.17, 15) is 9.90 Å². The summed E-state index contributed by atoms with van der Waals surface area (Å²) in [5.41, 5.74) is 0.868. The Bertz CT molecular complexity index is 987. The van der Waals surface area contributed by atoms with Crippen LogP contribution in [0.1, 0.15) is 5.56 Å². The molecule has 0 fully saturated rings. The Morgan fingerprint density at radius 3 is 1.68 bits per heavy atom. The van der Waals surface area contributed by atoms with Gasteiger partial charge in [-0.05, 0) is 37.9 Å². The largest absolute Gasteiger partial charge is 0.481 e. The highest BCUT2D eigenvalue weighted by molar-refractivity contribution is 6.26. The van der Waals surface area contributed by atoms with Crippen LogP contribution in [0.25, 0.3) is 32.3 Å². The highest BCUT2D eigenvalue weighted by atomic mass is 16.4. The number of hydrogen-bond donors (Lipinski definition) is 1. The van der Waals surface area contributed by atoms with Crippen molar-refractivity contribution in [1.82, 2.24) is 0 Å². The molecule has 2 heteroatoms. The molecule has 0 atom stereocenters. The molecule has 22 heavy (non-hydrogen) atoms. The predicted octanol–water partition coefficient (Wildman–Crippen LogP) is 4.77. The van der Waals surface area contributed by atoms with Crippen LogP contribution in [0.2, 0.25) is 0 Å². The Morgan fingerprint density at radius 2 is 1.14 bits per heavy atom. The minimum absolute atomic E-state index is 0.0413. The standard InChI is InChI=1S/C20H14O2/c21-19(22)12-13-6-5-11-18-16-8-2-1-7-14(16)15-9-3-4-10-17(15)20(13)18/h1-11H,12H2,(H,21,22). The Morgan fingerprint density at radius 1 is 0.682 bits per heavy atom. The molecule has 0 amide bonds. The van der Waals surface area contributed by atoms with E-state index in [4.69, 9.17) is 0 Å². The smallest absolute Gasteiger partial charge is 0.307 e. The van der Waals surface area contributed by atoms with Crippen LogP contribution in [0.3, 0.4) is 0 Å². The first-order chi connectivity index (χ1) is 10.8. The van der Waals surface area contributed by atoms with Crippen molar-refractivity contribution in [3.05, 3.63) is 72.3 Å². The minimum atomic E-state index is -0.801. The fourth-order valence-electron chi connectivity index (χ4n) is 3.34. The van der Waals surface area contributed by atoms with E-state index in [1.54, 1.807) is 0 Å². The highest BCUT2D eigenvalue weighted by Crippen LogP contribution is 2.36. The molecule has 0 bridgehead atoms. The Labute approximate surface area is 127 Å². The maximum atomic E-state index is 11.2. The Hall–Kier alpha value is -2.87. The molecular formula is C20H14O2. The maximum absolute atomic E-state index is 11.2. The van der Waals surface area contributed by atoms with Crippen molar-refractivity contribution in [3.63, 3.8) is 0 Å². The van der Waals surface area contributed by atoms with Gasteiger partial charge in [-0.25, -0.2) is 0 Å². The van der Waals surface area contributed by atoms with Gasteiger partial charge >= 0.3 is 5.97 Å². The quantitative estimate of drug-likeness (QED) is 0.539. The zero-order chi connectivity index (χ0) is 15.1. The number of fused-ring (bicyclic) bond motifs is 6. The van der Waals surface area contributed by atoms with Gasteiger partial charge in [-0.15, -0.1) is 0 Å². The van der Waals surface area contributed by atoms with Crippen molar-refractivity contribution in [2.45, 2.75) is 6.42 Å². The monoisotopic (exact) mass is 286 g/mol. The molecule has 4 rings (SSSR count). The summed E-state index contributed by atoms with van der Waals surface area (Å²) in [6.07, 6.45) is 0.0413. The molecule has 0 spiro atoms. The van der Waals surface area contributed by atoms with Crippen LogP contribution in [0.15, 0.2) is 66.7 Å². The zero-order valence-electron chi connectivity index (χ0n) is 11.9. The first-order valence-electron chi connectivity index (χ1n) is 7.28. The van der Waals surface area contributed by atoms with Crippen LogP contribution in [0.5, 0.6) is 0 Å². The van der Waals surface area contributed by atoms with Crippen molar-refractivity contribution in [3.8, 4) is 0 Å². The minimum Gasteiger partial charge on any atom is -0.481 e. The normalized spacial score (nSPS) is 11.3. The van der Waals surface area contributed by atoms with Crippen molar-refractivity contribution in [1.29, 1.82) is 0 Å². The summed E-state index contributed by atoms with van der Waals surface area (Å²) >= 11 is 0. The number of carboxylic acid groups (broad SMARTS) is 1. The first-order valence-corrected chi connectivity index (χ1v) is 7.28. The third-order valence-electron chi connectivity index (χ3n) is 4.20. The van der Waals surface area contributed by atoms with Crippen molar-refractivity contribution in [2.75, 3.05) is 0 Å². The maximum Gasteiger partial charge on any atom is 0.307 e. The third-order valence-corrected chi connectivity index (χ3v) is 4.20. The molecule has 0 saturated heterocycles. The van der Waals surface area contributed by atoms with Crippen LogP contribution in [-0.4, -0.2) is 11.1 Å². The Kier molecular flexibility index (Phi) is 2.83. The lowest BCUT2D eigenvalue weighted by atomic mass is 9.91. The molecule has 0 saturated carbocycles.